The zero-order valence-corrected chi connectivity index (χ0v) is 13.3. The number of carbonyl (C=O) groups excluding carboxylic acids is 2. The Bertz CT molecular complexity index is 696. The van der Waals surface area contributed by atoms with Crippen LogP contribution in [0.4, 0.5) is 0 Å². The van der Waals surface area contributed by atoms with E-state index in [1.54, 1.807) is 13.3 Å². The SMILES string of the molecule is COC(=O)C1=CNCC2(C(=O)OC)Cc3ccc(OC)cc3C12. The maximum Gasteiger partial charge on any atom is 0.335 e. The Hall–Kier alpha value is -2.50. The number of esters is 2. The second kappa shape index (κ2) is 5.61. The number of hydrogen-bond donors (Lipinski definition) is 1. The van der Waals surface area contributed by atoms with E-state index < -0.39 is 17.3 Å². The van der Waals surface area contributed by atoms with Gasteiger partial charge in [0.1, 0.15) is 11.2 Å². The lowest BCUT2D eigenvalue weighted by Crippen LogP contribution is -2.48. The number of hydrogen-bond acceptors (Lipinski definition) is 6. The first-order valence-electron chi connectivity index (χ1n) is 7.34. The van der Waals surface area contributed by atoms with Gasteiger partial charge < -0.3 is 19.5 Å². The Morgan fingerprint density at radius 1 is 1.22 bits per heavy atom. The molecule has 1 aliphatic carbocycles. The largest absolute Gasteiger partial charge is 0.497 e. The van der Waals surface area contributed by atoms with E-state index in [-0.39, 0.29) is 5.97 Å². The van der Waals surface area contributed by atoms with Crippen molar-refractivity contribution in [2.24, 2.45) is 5.41 Å². The number of benzene rings is 1. The molecule has 0 aromatic heterocycles. The minimum atomic E-state index is -0.846. The fourth-order valence-electron chi connectivity index (χ4n) is 3.69. The summed E-state index contributed by atoms with van der Waals surface area (Å²) in [4.78, 5) is 24.8. The van der Waals surface area contributed by atoms with Crippen molar-refractivity contribution >= 4 is 11.9 Å². The Morgan fingerprint density at radius 3 is 2.65 bits per heavy atom. The predicted molar refractivity (Wildman–Crippen MR) is 82.0 cm³/mol. The molecule has 2 aliphatic rings. The third-order valence-corrected chi connectivity index (χ3v) is 4.72. The van der Waals surface area contributed by atoms with E-state index in [0.717, 1.165) is 11.1 Å². The molecule has 0 bridgehead atoms. The van der Waals surface area contributed by atoms with Crippen molar-refractivity contribution in [3.63, 3.8) is 0 Å². The summed E-state index contributed by atoms with van der Waals surface area (Å²) in [5.74, 6) is -0.508. The van der Waals surface area contributed by atoms with Gasteiger partial charge in [-0.1, -0.05) is 6.07 Å². The third kappa shape index (κ3) is 2.17. The number of carbonyl (C=O) groups is 2. The standard InChI is InChI=1S/C17H19NO5/c1-21-11-5-4-10-7-17(16(20)23-3)9-18-8-13(15(19)22-2)14(17)12(10)6-11/h4-6,8,14,18H,7,9H2,1-3H3. The maximum absolute atomic E-state index is 12.6. The summed E-state index contributed by atoms with van der Waals surface area (Å²) in [5.41, 5.74) is 1.51. The highest BCUT2D eigenvalue weighted by atomic mass is 16.5. The van der Waals surface area contributed by atoms with Gasteiger partial charge in [0.15, 0.2) is 0 Å². The van der Waals surface area contributed by atoms with Crippen molar-refractivity contribution in [1.29, 1.82) is 0 Å². The van der Waals surface area contributed by atoms with Crippen LogP contribution in [-0.2, 0) is 25.5 Å². The van der Waals surface area contributed by atoms with Gasteiger partial charge in [0.2, 0.25) is 0 Å². The summed E-state index contributed by atoms with van der Waals surface area (Å²) in [7, 11) is 4.29. The predicted octanol–water partition coefficient (Wildman–Crippen LogP) is 1.15. The number of nitrogens with one attached hydrogen (secondary N) is 1. The normalized spacial score (nSPS) is 24.7. The van der Waals surface area contributed by atoms with Gasteiger partial charge in [-0.25, -0.2) is 4.79 Å². The quantitative estimate of drug-likeness (QED) is 0.843. The van der Waals surface area contributed by atoms with E-state index in [1.165, 1.54) is 14.2 Å². The van der Waals surface area contributed by atoms with Crippen molar-refractivity contribution in [3.05, 3.63) is 41.1 Å². The molecule has 3 rings (SSSR count). The van der Waals surface area contributed by atoms with Crippen LogP contribution in [0.1, 0.15) is 17.0 Å². The molecular weight excluding hydrogens is 298 g/mol. The summed E-state index contributed by atoms with van der Waals surface area (Å²) in [6.45, 7) is 0.405. The summed E-state index contributed by atoms with van der Waals surface area (Å²) >= 11 is 0. The fourth-order valence-corrected chi connectivity index (χ4v) is 3.69. The van der Waals surface area contributed by atoms with Gasteiger partial charge in [0.05, 0.1) is 26.9 Å². The molecule has 0 saturated carbocycles. The van der Waals surface area contributed by atoms with Crippen molar-refractivity contribution < 1.29 is 23.8 Å². The summed E-state index contributed by atoms with van der Waals surface area (Å²) < 4.78 is 15.2. The lowest BCUT2D eigenvalue weighted by atomic mass is 9.70. The Morgan fingerprint density at radius 2 is 2.00 bits per heavy atom. The van der Waals surface area contributed by atoms with E-state index in [2.05, 4.69) is 5.32 Å². The topological polar surface area (TPSA) is 73.9 Å². The van der Waals surface area contributed by atoms with Crippen LogP contribution in [0.2, 0.25) is 0 Å². The lowest BCUT2D eigenvalue weighted by Gasteiger charge is -2.37. The minimum absolute atomic E-state index is 0.334. The van der Waals surface area contributed by atoms with Crippen LogP contribution in [0.15, 0.2) is 30.0 Å². The number of ether oxygens (including phenoxy) is 3. The van der Waals surface area contributed by atoms with Crippen LogP contribution in [0.3, 0.4) is 0 Å². The van der Waals surface area contributed by atoms with E-state index in [0.29, 0.717) is 24.3 Å². The Labute approximate surface area is 134 Å². The minimum Gasteiger partial charge on any atom is -0.497 e. The van der Waals surface area contributed by atoms with Gasteiger partial charge >= 0.3 is 11.9 Å². The van der Waals surface area contributed by atoms with Gasteiger partial charge in [-0.15, -0.1) is 0 Å². The second-order valence-electron chi connectivity index (χ2n) is 5.79. The van der Waals surface area contributed by atoms with Crippen LogP contribution < -0.4 is 10.1 Å². The molecule has 1 N–H and O–H groups in total. The second-order valence-corrected chi connectivity index (χ2v) is 5.79. The molecule has 1 aliphatic heterocycles. The number of rotatable bonds is 3. The Balaban J connectivity index is 2.18. The van der Waals surface area contributed by atoms with Crippen molar-refractivity contribution in [1.82, 2.24) is 5.32 Å². The molecule has 0 fully saturated rings. The summed E-state index contributed by atoms with van der Waals surface area (Å²) in [6, 6.07) is 5.68. The first-order valence-corrected chi connectivity index (χ1v) is 7.34. The highest BCUT2D eigenvalue weighted by Gasteiger charge is 2.56. The van der Waals surface area contributed by atoms with E-state index in [4.69, 9.17) is 14.2 Å². The molecule has 2 unspecified atom stereocenters. The molecule has 1 aromatic carbocycles. The van der Waals surface area contributed by atoms with Crippen LogP contribution in [0, 0.1) is 5.41 Å². The first-order chi connectivity index (χ1) is 11.1. The molecule has 122 valence electrons. The van der Waals surface area contributed by atoms with Gasteiger partial charge in [0.25, 0.3) is 0 Å². The van der Waals surface area contributed by atoms with Gasteiger partial charge in [-0.3, -0.25) is 4.79 Å². The summed E-state index contributed by atoms with van der Waals surface area (Å²) in [5, 5.41) is 3.05. The van der Waals surface area contributed by atoms with Crippen molar-refractivity contribution in [3.8, 4) is 5.75 Å². The van der Waals surface area contributed by atoms with Crippen LogP contribution >= 0.6 is 0 Å². The molecule has 0 radical (unpaired) electrons. The maximum atomic E-state index is 12.6. The molecule has 0 spiro atoms. The fraction of sp³-hybridized carbons (Fsp3) is 0.412. The number of methoxy groups -OCH3 is 3. The first kappa shape index (κ1) is 15.4. The van der Waals surface area contributed by atoms with Crippen molar-refractivity contribution in [2.45, 2.75) is 12.3 Å². The molecule has 23 heavy (non-hydrogen) atoms. The monoisotopic (exact) mass is 317 g/mol. The zero-order valence-electron chi connectivity index (χ0n) is 13.3. The van der Waals surface area contributed by atoms with Crippen LogP contribution in [0.5, 0.6) is 5.75 Å². The van der Waals surface area contributed by atoms with Gasteiger partial charge in [0, 0.05) is 18.7 Å². The smallest absolute Gasteiger partial charge is 0.335 e. The lowest BCUT2D eigenvalue weighted by molar-refractivity contribution is -0.153. The molecule has 2 atom stereocenters. The van der Waals surface area contributed by atoms with E-state index >= 15 is 0 Å². The number of fused-ring (bicyclic) bond motifs is 3. The highest BCUT2D eigenvalue weighted by Crippen LogP contribution is 2.53. The molecule has 6 heteroatoms. The molecular formula is C17H19NO5. The third-order valence-electron chi connectivity index (χ3n) is 4.72. The molecule has 1 heterocycles. The zero-order chi connectivity index (χ0) is 16.6. The average Bonchev–Trinajstić information content (AvgIpc) is 2.94. The van der Waals surface area contributed by atoms with Crippen LogP contribution in [0.25, 0.3) is 0 Å². The van der Waals surface area contributed by atoms with Crippen molar-refractivity contribution in [2.75, 3.05) is 27.9 Å². The molecule has 1 aromatic rings. The Kier molecular flexibility index (Phi) is 3.75. The van der Waals surface area contributed by atoms with Gasteiger partial charge in [-0.05, 0) is 29.7 Å². The van der Waals surface area contributed by atoms with Gasteiger partial charge in [-0.2, -0.15) is 0 Å². The molecule has 6 nitrogen and oxygen atoms in total. The van der Waals surface area contributed by atoms with E-state index in [1.807, 2.05) is 18.2 Å². The molecule has 0 amide bonds. The van der Waals surface area contributed by atoms with Crippen LogP contribution in [-0.4, -0.2) is 39.8 Å². The summed E-state index contributed by atoms with van der Waals surface area (Å²) in [6.07, 6.45) is 2.14. The van der Waals surface area contributed by atoms with E-state index in [9.17, 15) is 9.59 Å². The molecule has 0 saturated heterocycles. The highest BCUT2D eigenvalue weighted by molar-refractivity contribution is 5.94. The average molecular weight is 317 g/mol.